The van der Waals surface area contributed by atoms with E-state index in [4.69, 9.17) is 5.73 Å². The second-order valence-corrected chi connectivity index (χ2v) is 6.66. The van der Waals surface area contributed by atoms with Gasteiger partial charge in [-0.15, -0.1) is 0 Å². The van der Waals surface area contributed by atoms with Crippen LogP contribution in [0.15, 0.2) is 35.5 Å². The summed E-state index contributed by atoms with van der Waals surface area (Å²) in [4.78, 5) is 6.62. The predicted octanol–water partition coefficient (Wildman–Crippen LogP) is 2.18. The van der Waals surface area contributed by atoms with E-state index in [0.717, 1.165) is 41.5 Å². The molecular weight excluding hydrogens is 313 g/mol. The number of aryl methyl sites for hydroxylation is 1. The summed E-state index contributed by atoms with van der Waals surface area (Å²) in [5, 5.41) is 4.47. The first-order valence-corrected chi connectivity index (χ1v) is 8.72. The number of aliphatic imine (C=N–C) groups is 1. The minimum atomic E-state index is -0.255. The van der Waals surface area contributed by atoms with Crippen LogP contribution in [0.5, 0.6) is 0 Å². The van der Waals surface area contributed by atoms with Crippen LogP contribution in [-0.2, 0) is 6.54 Å². The quantitative estimate of drug-likeness (QED) is 0.691. The first kappa shape index (κ1) is 15.9. The van der Waals surface area contributed by atoms with Crippen LogP contribution in [0.25, 0.3) is 5.69 Å². The van der Waals surface area contributed by atoms with E-state index < -0.39 is 0 Å². The van der Waals surface area contributed by atoms with Crippen LogP contribution in [0, 0.1) is 12.7 Å². The average molecular weight is 333 g/mol. The molecule has 2 aromatic rings. The van der Waals surface area contributed by atoms with Crippen molar-refractivity contribution in [2.75, 3.05) is 24.6 Å². The minimum Gasteiger partial charge on any atom is -0.370 e. The average Bonchev–Trinajstić information content (AvgIpc) is 2.95. The smallest absolute Gasteiger partial charge is 0.191 e. The van der Waals surface area contributed by atoms with Crippen LogP contribution < -0.4 is 5.73 Å². The van der Waals surface area contributed by atoms with Gasteiger partial charge in [0.15, 0.2) is 5.96 Å². The van der Waals surface area contributed by atoms with E-state index >= 15 is 0 Å². The molecule has 0 amide bonds. The molecular formula is C16H20FN5S. The summed E-state index contributed by atoms with van der Waals surface area (Å²) >= 11 is 1.94. The first-order chi connectivity index (χ1) is 11.1. The molecule has 0 spiro atoms. The van der Waals surface area contributed by atoms with Gasteiger partial charge in [0.25, 0.3) is 0 Å². The summed E-state index contributed by atoms with van der Waals surface area (Å²) in [7, 11) is 0. The van der Waals surface area contributed by atoms with Crippen molar-refractivity contribution in [3.63, 3.8) is 0 Å². The molecule has 5 nitrogen and oxygen atoms in total. The van der Waals surface area contributed by atoms with Crippen LogP contribution in [0.3, 0.4) is 0 Å². The largest absolute Gasteiger partial charge is 0.370 e. The van der Waals surface area contributed by atoms with E-state index in [-0.39, 0.29) is 5.82 Å². The lowest BCUT2D eigenvalue weighted by Crippen LogP contribution is -2.42. The van der Waals surface area contributed by atoms with Crippen LogP contribution in [-0.4, -0.2) is 45.2 Å². The highest BCUT2D eigenvalue weighted by Crippen LogP contribution is 2.14. The van der Waals surface area contributed by atoms with Crippen molar-refractivity contribution < 1.29 is 4.39 Å². The molecule has 0 saturated carbocycles. The standard InChI is InChI=1S/C16H20FN5S/c1-12-13(10-19-16(18)21-6-8-23-9-7-21)11-22(20-12)15-4-2-14(17)3-5-15/h2-5,11H,6-10H2,1H3,(H2,18,19). The van der Waals surface area contributed by atoms with E-state index in [9.17, 15) is 4.39 Å². The summed E-state index contributed by atoms with van der Waals surface area (Å²) < 4.78 is 14.7. The monoisotopic (exact) mass is 333 g/mol. The molecule has 1 aliphatic heterocycles. The van der Waals surface area contributed by atoms with Crippen LogP contribution in [0.4, 0.5) is 4.39 Å². The van der Waals surface area contributed by atoms with E-state index in [1.54, 1.807) is 16.8 Å². The van der Waals surface area contributed by atoms with Crippen molar-refractivity contribution in [3.8, 4) is 5.69 Å². The molecule has 23 heavy (non-hydrogen) atoms. The summed E-state index contributed by atoms with van der Waals surface area (Å²) in [5.41, 5.74) is 8.82. The molecule has 0 atom stereocenters. The van der Waals surface area contributed by atoms with E-state index in [1.807, 2.05) is 24.9 Å². The van der Waals surface area contributed by atoms with Gasteiger partial charge in [-0.2, -0.15) is 16.9 Å². The molecule has 0 aliphatic carbocycles. The number of benzene rings is 1. The summed E-state index contributed by atoms with van der Waals surface area (Å²) in [6, 6.07) is 6.26. The summed E-state index contributed by atoms with van der Waals surface area (Å²) in [6.07, 6.45) is 1.92. The predicted molar refractivity (Wildman–Crippen MR) is 92.5 cm³/mol. The fraction of sp³-hybridized carbons (Fsp3) is 0.375. The maximum Gasteiger partial charge on any atom is 0.191 e. The van der Waals surface area contributed by atoms with Crippen molar-refractivity contribution in [3.05, 3.63) is 47.5 Å². The number of nitrogens with two attached hydrogens (primary N) is 1. The molecule has 1 fully saturated rings. The van der Waals surface area contributed by atoms with Gasteiger partial charge in [-0.1, -0.05) is 0 Å². The van der Waals surface area contributed by atoms with Gasteiger partial charge in [-0.05, 0) is 31.2 Å². The Kier molecular flexibility index (Phi) is 4.85. The van der Waals surface area contributed by atoms with Gasteiger partial charge in [0.05, 0.1) is 17.9 Å². The zero-order valence-electron chi connectivity index (χ0n) is 13.1. The molecule has 7 heteroatoms. The summed E-state index contributed by atoms with van der Waals surface area (Å²) in [6.45, 7) is 4.35. The van der Waals surface area contributed by atoms with E-state index in [0.29, 0.717) is 12.5 Å². The normalized spacial score (nSPS) is 15.9. The second-order valence-electron chi connectivity index (χ2n) is 5.43. The number of guanidine groups is 1. The van der Waals surface area contributed by atoms with Gasteiger partial charge in [0.1, 0.15) is 5.82 Å². The van der Waals surface area contributed by atoms with Gasteiger partial charge in [-0.25, -0.2) is 14.1 Å². The lowest BCUT2D eigenvalue weighted by atomic mass is 10.2. The number of thioether (sulfide) groups is 1. The SMILES string of the molecule is Cc1nn(-c2ccc(F)cc2)cc1CN=C(N)N1CCSCC1. The molecule has 2 heterocycles. The van der Waals surface area contributed by atoms with Crippen LogP contribution >= 0.6 is 11.8 Å². The fourth-order valence-electron chi connectivity index (χ4n) is 2.44. The second kappa shape index (κ2) is 7.04. The molecule has 122 valence electrons. The number of rotatable bonds is 3. The molecule has 0 bridgehead atoms. The van der Waals surface area contributed by atoms with Gasteiger partial charge < -0.3 is 10.6 Å². The zero-order chi connectivity index (χ0) is 16.2. The number of hydrogen-bond donors (Lipinski definition) is 1. The Morgan fingerprint density at radius 3 is 2.70 bits per heavy atom. The van der Waals surface area contributed by atoms with Crippen molar-refractivity contribution in [2.24, 2.45) is 10.7 Å². The highest BCUT2D eigenvalue weighted by molar-refractivity contribution is 7.99. The van der Waals surface area contributed by atoms with Crippen LogP contribution in [0.1, 0.15) is 11.3 Å². The van der Waals surface area contributed by atoms with Crippen molar-refractivity contribution in [1.29, 1.82) is 0 Å². The molecule has 0 unspecified atom stereocenters. The Hall–Kier alpha value is -2.02. The lowest BCUT2D eigenvalue weighted by Gasteiger charge is -2.27. The molecule has 0 radical (unpaired) electrons. The van der Waals surface area contributed by atoms with Gasteiger partial charge in [-0.3, -0.25) is 0 Å². The number of halogens is 1. The molecule has 1 aromatic carbocycles. The number of nitrogens with zero attached hydrogens (tertiary/aromatic N) is 4. The Labute approximate surface area is 139 Å². The lowest BCUT2D eigenvalue weighted by molar-refractivity contribution is 0.455. The van der Waals surface area contributed by atoms with Gasteiger partial charge >= 0.3 is 0 Å². The third-order valence-corrected chi connectivity index (χ3v) is 4.78. The highest BCUT2D eigenvalue weighted by atomic mass is 32.2. The Bertz CT molecular complexity index is 689. The fourth-order valence-corrected chi connectivity index (χ4v) is 3.34. The third-order valence-electron chi connectivity index (χ3n) is 3.84. The maximum absolute atomic E-state index is 13.0. The van der Waals surface area contributed by atoms with E-state index in [1.165, 1.54) is 12.1 Å². The number of hydrogen-bond acceptors (Lipinski definition) is 3. The van der Waals surface area contributed by atoms with Crippen molar-refractivity contribution in [2.45, 2.75) is 13.5 Å². The molecule has 2 N–H and O–H groups in total. The van der Waals surface area contributed by atoms with Crippen molar-refractivity contribution in [1.82, 2.24) is 14.7 Å². The first-order valence-electron chi connectivity index (χ1n) is 7.57. The summed E-state index contributed by atoms with van der Waals surface area (Å²) in [5.74, 6) is 2.53. The van der Waals surface area contributed by atoms with Crippen LogP contribution in [0.2, 0.25) is 0 Å². The molecule has 1 aliphatic rings. The molecule has 1 aromatic heterocycles. The van der Waals surface area contributed by atoms with E-state index in [2.05, 4.69) is 15.0 Å². The minimum absolute atomic E-state index is 0.255. The Morgan fingerprint density at radius 2 is 2.00 bits per heavy atom. The molecule has 1 saturated heterocycles. The Balaban J connectivity index is 1.72. The zero-order valence-corrected chi connectivity index (χ0v) is 13.9. The van der Waals surface area contributed by atoms with Gasteiger partial charge in [0.2, 0.25) is 0 Å². The number of aromatic nitrogens is 2. The van der Waals surface area contributed by atoms with Gasteiger partial charge in [0, 0.05) is 36.4 Å². The molecule has 3 rings (SSSR count). The van der Waals surface area contributed by atoms with Crippen molar-refractivity contribution >= 4 is 17.7 Å². The highest BCUT2D eigenvalue weighted by Gasteiger charge is 2.12. The maximum atomic E-state index is 13.0. The topological polar surface area (TPSA) is 59.4 Å². The third kappa shape index (κ3) is 3.85. The Morgan fingerprint density at radius 1 is 1.30 bits per heavy atom.